The van der Waals surface area contributed by atoms with E-state index in [4.69, 9.17) is 21.1 Å². The van der Waals surface area contributed by atoms with Crippen LogP contribution in [0.5, 0.6) is 0 Å². The summed E-state index contributed by atoms with van der Waals surface area (Å²) in [4.78, 5) is 30.5. The maximum atomic E-state index is 14.0. The van der Waals surface area contributed by atoms with Gasteiger partial charge in [0.05, 0.1) is 19.4 Å². The van der Waals surface area contributed by atoms with Crippen molar-refractivity contribution in [1.82, 2.24) is 10.3 Å². The lowest BCUT2D eigenvalue weighted by molar-refractivity contribution is -0.173. The summed E-state index contributed by atoms with van der Waals surface area (Å²) in [5.41, 5.74) is -0.216. The summed E-state index contributed by atoms with van der Waals surface area (Å²) in [6, 6.07) is 24.0. The molecule has 2 aliphatic heterocycles. The molecule has 0 radical (unpaired) electrons. The predicted molar refractivity (Wildman–Crippen MR) is 150 cm³/mol. The third-order valence-corrected chi connectivity index (χ3v) is 7.03. The fourth-order valence-corrected chi connectivity index (χ4v) is 4.84. The lowest BCUT2D eigenvalue weighted by Gasteiger charge is -2.36. The molecule has 8 nitrogen and oxygen atoms in total. The van der Waals surface area contributed by atoms with Crippen LogP contribution in [0.3, 0.4) is 0 Å². The smallest absolute Gasteiger partial charge is 0.449 e. The number of carbonyl (C=O) groups excluding carboxylic acids is 2. The number of nitrogens with zero attached hydrogens (tertiary/aromatic N) is 3. The van der Waals surface area contributed by atoms with Crippen LogP contribution in [-0.4, -0.2) is 54.0 Å². The van der Waals surface area contributed by atoms with E-state index in [0.717, 1.165) is 30.0 Å². The molecular formula is C30H24ClF3N4O4. The van der Waals surface area contributed by atoms with Crippen molar-refractivity contribution < 1.29 is 32.2 Å². The zero-order valence-electron chi connectivity index (χ0n) is 22.1. The highest BCUT2D eigenvalue weighted by atomic mass is 35.5. The minimum absolute atomic E-state index is 0.0374. The first-order valence-corrected chi connectivity index (χ1v) is 13.1. The standard InChI is InChI=1S/C30H24ClF3N4O4/c1-41-26(39)25(21-10-6-3-7-11-21)42-28(40)29(16-17-35-27(36-29)30(32,33)34)38-18-23(19-8-4-2-5-9-19)24(37-38)20-12-14-22(31)15-13-20/h2-17,23,25H,18H2,1H3,(H,35,36)/t23?,25-,29?/m0/s1. The van der Waals surface area contributed by atoms with Crippen LogP contribution in [0.4, 0.5) is 13.2 Å². The number of amidine groups is 1. The number of carbonyl (C=O) groups is 2. The van der Waals surface area contributed by atoms with E-state index in [1.165, 1.54) is 12.1 Å². The Bertz CT molecular complexity index is 1550. The second kappa shape index (κ2) is 11.7. The van der Waals surface area contributed by atoms with Gasteiger partial charge >= 0.3 is 18.1 Å². The van der Waals surface area contributed by atoms with E-state index in [9.17, 15) is 22.8 Å². The predicted octanol–water partition coefficient (Wildman–Crippen LogP) is 5.38. The Kier molecular flexibility index (Phi) is 8.04. The SMILES string of the molecule is COC(=O)[C@@H](OC(=O)C1(N2CC(c3ccccc3)C(c3ccc(Cl)cc3)=N2)C=CNC(C(F)(F)F)=N1)c1ccccc1. The van der Waals surface area contributed by atoms with Crippen LogP contribution in [-0.2, 0) is 19.1 Å². The molecule has 0 aromatic heterocycles. The highest BCUT2D eigenvalue weighted by Crippen LogP contribution is 2.38. The van der Waals surface area contributed by atoms with Crippen LogP contribution in [0.1, 0.15) is 28.7 Å². The van der Waals surface area contributed by atoms with Gasteiger partial charge in [0.25, 0.3) is 5.66 Å². The second-order valence-electron chi connectivity index (χ2n) is 9.42. The van der Waals surface area contributed by atoms with Gasteiger partial charge in [-0.15, -0.1) is 0 Å². The monoisotopic (exact) mass is 596 g/mol. The van der Waals surface area contributed by atoms with E-state index < -0.39 is 41.6 Å². The third kappa shape index (κ3) is 5.73. The maximum Gasteiger partial charge on any atom is 0.449 e. The fraction of sp³-hybridized carbons (Fsp3) is 0.200. The van der Waals surface area contributed by atoms with Crippen LogP contribution in [0.2, 0.25) is 5.02 Å². The zero-order chi connectivity index (χ0) is 29.9. The Hall–Kier alpha value is -4.64. The Morgan fingerprint density at radius 1 is 1.02 bits per heavy atom. The van der Waals surface area contributed by atoms with Crippen molar-refractivity contribution in [3.05, 3.63) is 119 Å². The lowest BCUT2D eigenvalue weighted by Crippen LogP contribution is -2.55. The first kappa shape index (κ1) is 28.9. The van der Waals surface area contributed by atoms with Gasteiger partial charge < -0.3 is 14.8 Å². The highest BCUT2D eigenvalue weighted by Gasteiger charge is 2.53. The van der Waals surface area contributed by atoms with Gasteiger partial charge in [-0.25, -0.2) is 14.6 Å². The normalized spacial score (nSPS) is 20.7. The van der Waals surface area contributed by atoms with Crippen molar-refractivity contribution in [2.24, 2.45) is 10.1 Å². The van der Waals surface area contributed by atoms with Gasteiger partial charge in [-0.3, -0.25) is 5.01 Å². The van der Waals surface area contributed by atoms with E-state index in [1.807, 2.05) is 30.3 Å². The first-order chi connectivity index (χ1) is 20.1. The van der Waals surface area contributed by atoms with Crippen molar-refractivity contribution in [3.63, 3.8) is 0 Å². The molecule has 1 N–H and O–H groups in total. The number of hydrogen-bond donors (Lipinski definition) is 1. The molecule has 2 heterocycles. The molecule has 5 rings (SSSR count). The number of hydrazone groups is 1. The van der Waals surface area contributed by atoms with Gasteiger partial charge in [0.1, 0.15) is 0 Å². The average Bonchev–Trinajstić information content (AvgIpc) is 3.46. The summed E-state index contributed by atoms with van der Waals surface area (Å²) in [5, 5.41) is 8.36. The van der Waals surface area contributed by atoms with Crippen molar-refractivity contribution >= 4 is 35.1 Å². The van der Waals surface area contributed by atoms with Gasteiger partial charge in [0.2, 0.25) is 11.9 Å². The second-order valence-corrected chi connectivity index (χ2v) is 9.86. The van der Waals surface area contributed by atoms with Gasteiger partial charge in [0, 0.05) is 22.7 Å². The number of rotatable bonds is 7. The van der Waals surface area contributed by atoms with Crippen LogP contribution in [0, 0.1) is 0 Å². The van der Waals surface area contributed by atoms with Gasteiger partial charge in [-0.05, 0) is 29.3 Å². The Labute approximate surface area is 244 Å². The molecule has 216 valence electrons. The minimum Gasteiger partial charge on any atom is -0.466 e. The molecule has 0 saturated carbocycles. The summed E-state index contributed by atoms with van der Waals surface area (Å²) in [5.74, 6) is -4.07. The van der Waals surface area contributed by atoms with Crippen LogP contribution in [0.25, 0.3) is 0 Å². The number of esters is 2. The lowest BCUT2D eigenvalue weighted by atomic mass is 9.90. The van der Waals surface area contributed by atoms with Crippen LogP contribution in [0.15, 0.2) is 107 Å². The third-order valence-electron chi connectivity index (χ3n) is 6.78. The quantitative estimate of drug-likeness (QED) is 0.369. The number of benzene rings is 3. The molecule has 2 unspecified atom stereocenters. The van der Waals surface area contributed by atoms with E-state index in [1.54, 1.807) is 42.5 Å². The number of aliphatic imine (C=N–C) groups is 1. The van der Waals surface area contributed by atoms with E-state index in [2.05, 4.69) is 15.4 Å². The maximum absolute atomic E-state index is 14.0. The van der Waals surface area contributed by atoms with E-state index in [-0.39, 0.29) is 12.1 Å². The van der Waals surface area contributed by atoms with Crippen LogP contribution >= 0.6 is 11.6 Å². The number of halogens is 4. The molecular weight excluding hydrogens is 573 g/mol. The molecule has 0 bridgehead atoms. The Balaban J connectivity index is 1.63. The molecule has 3 aromatic rings. The molecule has 12 heteroatoms. The molecule has 0 spiro atoms. The number of hydrogen-bond acceptors (Lipinski definition) is 8. The molecule has 0 saturated heterocycles. The molecule has 0 aliphatic carbocycles. The summed E-state index contributed by atoms with van der Waals surface area (Å²) < 4.78 is 52.3. The summed E-state index contributed by atoms with van der Waals surface area (Å²) in [6.45, 7) is -0.0374. The largest absolute Gasteiger partial charge is 0.466 e. The summed E-state index contributed by atoms with van der Waals surface area (Å²) in [7, 11) is 1.11. The zero-order valence-corrected chi connectivity index (χ0v) is 22.8. The Morgan fingerprint density at radius 2 is 1.67 bits per heavy atom. The molecule has 2 aliphatic rings. The fourth-order valence-electron chi connectivity index (χ4n) is 4.71. The number of methoxy groups -OCH3 is 1. The molecule has 0 fully saturated rings. The van der Waals surface area contributed by atoms with E-state index >= 15 is 0 Å². The van der Waals surface area contributed by atoms with Crippen molar-refractivity contribution in [2.45, 2.75) is 23.9 Å². The van der Waals surface area contributed by atoms with Crippen molar-refractivity contribution in [3.8, 4) is 0 Å². The molecule has 3 aromatic carbocycles. The van der Waals surface area contributed by atoms with Gasteiger partial charge in [0.15, 0.2) is 0 Å². The molecule has 42 heavy (non-hydrogen) atoms. The first-order valence-electron chi connectivity index (χ1n) is 12.7. The number of ether oxygens (including phenoxy) is 2. The van der Waals surface area contributed by atoms with Gasteiger partial charge in [-0.1, -0.05) is 84.4 Å². The Morgan fingerprint density at radius 3 is 2.29 bits per heavy atom. The average molecular weight is 597 g/mol. The van der Waals surface area contributed by atoms with Gasteiger partial charge in [-0.2, -0.15) is 18.3 Å². The number of nitrogens with one attached hydrogen (secondary N) is 1. The minimum atomic E-state index is -4.93. The highest BCUT2D eigenvalue weighted by molar-refractivity contribution is 6.30. The number of alkyl halides is 3. The molecule has 0 amide bonds. The summed E-state index contributed by atoms with van der Waals surface area (Å²) in [6.07, 6.45) is -4.42. The molecule has 3 atom stereocenters. The summed E-state index contributed by atoms with van der Waals surface area (Å²) >= 11 is 6.09. The van der Waals surface area contributed by atoms with Crippen molar-refractivity contribution in [2.75, 3.05) is 13.7 Å². The van der Waals surface area contributed by atoms with E-state index in [0.29, 0.717) is 16.3 Å². The topological polar surface area (TPSA) is 92.6 Å². The van der Waals surface area contributed by atoms with Crippen molar-refractivity contribution in [1.29, 1.82) is 0 Å². The van der Waals surface area contributed by atoms with Crippen LogP contribution < -0.4 is 5.32 Å².